The Balaban J connectivity index is 2.04. The van der Waals surface area contributed by atoms with Crippen molar-refractivity contribution in [2.75, 3.05) is 7.11 Å². The van der Waals surface area contributed by atoms with Gasteiger partial charge in [0, 0.05) is 0 Å². The molecule has 0 aliphatic heterocycles. The summed E-state index contributed by atoms with van der Waals surface area (Å²) in [6.45, 7) is 2.16. The van der Waals surface area contributed by atoms with Crippen molar-refractivity contribution in [1.82, 2.24) is 0 Å². The van der Waals surface area contributed by atoms with Crippen LogP contribution in [-0.4, -0.2) is 13.1 Å². The monoisotopic (exact) mass is 292 g/mol. The van der Waals surface area contributed by atoms with Gasteiger partial charge in [0.2, 0.25) is 0 Å². The van der Waals surface area contributed by atoms with Gasteiger partial charge >= 0.3 is 5.97 Å². The number of carbonyl (C=O) groups excluding carboxylic acids is 1. The van der Waals surface area contributed by atoms with Crippen LogP contribution >= 0.6 is 0 Å². The van der Waals surface area contributed by atoms with E-state index in [1.165, 1.54) is 29.4 Å². The molecule has 2 nitrogen and oxygen atoms in total. The van der Waals surface area contributed by atoms with Gasteiger partial charge in [-0.1, -0.05) is 43.3 Å². The Hall–Kier alpha value is -2.35. The first-order valence-electron chi connectivity index (χ1n) is 7.74. The standard InChI is InChI=1S/C20H20O2/c1-3-14-7-9-16(10-8-14)18-6-4-5-15-11-12-17(13-19(15)18)20(21)22-2/h6-13H,3-5H2,1-2H3. The fourth-order valence-electron chi connectivity index (χ4n) is 2.97. The van der Waals surface area contributed by atoms with Crippen LogP contribution in [0.1, 0.15) is 46.0 Å². The summed E-state index contributed by atoms with van der Waals surface area (Å²) in [6, 6.07) is 14.6. The number of hydrogen-bond donors (Lipinski definition) is 0. The smallest absolute Gasteiger partial charge is 0.337 e. The van der Waals surface area contributed by atoms with Crippen LogP contribution in [0.15, 0.2) is 48.5 Å². The van der Waals surface area contributed by atoms with E-state index in [1.807, 2.05) is 12.1 Å². The highest BCUT2D eigenvalue weighted by molar-refractivity contribution is 5.92. The zero-order valence-corrected chi connectivity index (χ0v) is 13.1. The van der Waals surface area contributed by atoms with Gasteiger partial charge in [-0.2, -0.15) is 0 Å². The molecule has 2 aromatic rings. The summed E-state index contributed by atoms with van der Waals surface area (Å²) in [5.74, 6) is -0.283. The number of aryl methyl sites for hydroxylation is 2. The van der Waals surface area contributed by atoms with E-state index in [1.54, 1.807) is 0 Å². The minimum absolute atomic E-state index is 0.283. The highest BCUT2D eigenvalue weighted by Crippen LogP contribution is 2.32. The van der Waals surface area contributed by atoms with E-state index in [9.17, 15) is 4.79 Å². The Bertz CT molecular complexity index is 724. The van der Waals surface area contributed by atoms with E-state index in [4.69, 9.17) is 4.74 Å². The summed E-state index contributed by atoms with van der Waals surface area (Å²) in [5, 5.41) is 0. The van der Waals surface area contributed by atoms with E-state index in [2.05, 4.69) is 43.3 Å². The molecule has 1 aliphatic carbocycles. The second-order valence-corrected chi connectivity index (χ2v) is 5.57. The molecule has 0 aromatic heterocycles. The van der Waals surface area contributed by atoms with Crippen molar-refractivity contribution in [2.45, 2.75) is 26.2 Å². The molecule has 0 bridgehead atoms. The van der Waals surface area contributed by atoms with E-state index in [0.717, 1.165) is 24.8 Å². The van der Waals surface area contributed by atoms with Gasteiger partial charge in [-0.05, 0) is 59.2 Å². The van der Waals surface area contributed by atoms with E-state index < -0.39 is 0 Å². The lowest BCUT2D eigenvalue weighted by molar-refractivity contribution is 0.0600. The lowest BCUT2D eigenvalue weighted by Crippen LogP contribution is -2.06. The molecule has 0 amide bonds. The Morgan fingerprint density at radius 2 is 1.91 bits per heavy atom. The van der Waals surface area contributed by atoms with Gasteiger partial charge in [-0.3, -0.25) is 0 Å². The first-order chi connectivity index (χ1) is 10.7. The number of ether oxygens (including phenoxy) is 1. The van der Waals surface area contributed by atoms with Crippen LogP contribution in [0.4, 0.5) is 0 Å². The number of rotatable bonds is 3. The lowest BCUT2D eigenvalue weighted by atomic mass is 9.85. The van der Waals surface area contributed by atoms with Crippen LogP contribution in [0, 0.1) is 0 Å². The molecule has 0 N–H and O–H groups in total. The highest BCUT2D eigenvalue weighted by Gasteiger charge is 2.17. The molecule has 0 fully saturated rings. The predicted octanol–water partition coefficient (Wildman–Crippen LogP) is 4.41. The number of benzene rings is 2. The quantitative estimate of drug-likeness (QED) is 0.783. The van der Waals surface area contributed by atoms with Gasteiger partial charge in [0.25, 0.3) is 0 Å². The minimum Gasteiger partial charge on any atom is -0.465 e. The van der Waals surface area contributed by atoms with Crippen molar-refractivity contribution in [2.24, 2.45) is 0 Å². The van der Waals surface area contributed by atoms with Crippen LogP contribution in [0.25, 0.3) is 5.57 Å². The van der Waals surface area contributed by atoms with Gasteiger partial charge in [0.05, 0.1) is 12.7 Å². The fraction of sp³-hybridized carbons (Fsp3) is 0.250. The molecule has 0 unspecified atom stereocenters. The van der Waals surface area contributed by atoms with Crippen LogP contribution in [0.3, 0.4) is 0 Å². The second kappa shape index (κ2) is 6.18. The molecule has 1 aliphatic rings. The number of esters is 1. The third-order valence-electron chi connectivity index (χ3n) is 4.26. The van der Waals surface area contributed by atoms with Crippen molar-refractivity contribution in [3.63, 3.8) is 0 Å². The largest absolute Gasteiger partial charge is 0.465 e. The van der Waals surface area contributed by atoms with E-state index in [-0.39, 0.29) is 5.97 Å². The molecule has 0 spiro atoms. The molecular weight excluding hydrogens is 272 g/mol. The molecule has 112 valence electrons. The number of hydrogen-bond acceptors (Lipinski definition) is 2. The maximum absolute atomic E-state index is 11.8. The van der Waals surface area contributed by atoms with Crippen molar-refractivity contribution in [1.29, 1.82) is 0 Å². The van der Waals surface area contributed by atoms with Gasteiger partial charge in [-0.25, -0.2) is 4.79 Å². The summed E-state index contributed by atoms with van der Waals surface area (Å²) < 4.78 is 4.84. The first-order valence-corrected chi connectivity index (χ1v) is 7.74. The molecule has 0 atom stereocenters. The summed E-state index contributed by atoms with van der Waals surface area (Å²) in [7, 11) is 1.42. The van der Waals surface area contributed by atoms with Gasteiger partial charge in [0.15, 0.2) is 0 Å². The van der Waals surface area contributed by atoms with Crippen LogP contribution < -0.4 is 0 Å². The Kier molecular flexibility index (Phi) is 4.10. The Morgan fingerprint density at radius 3 is 2.59 bits per heavy atom. The first kappa shape index (κ1) is 14.6. The molecule has 2 aromatic carbocycles. The average molecular weight is 292 g/mol. The van der Waals surface area contributed by atoms with Crippen LogP contribution in [-0.2, 0) is 17.6 Å². The van der Waals surface area contributed by atoms with E-state index >= 15 is 0 Å². The summed E-state index contributed by atoms with van der Waals surface area (Å²) in [5.41, 5.74) is 6.82. The Labute approximate surface area is 131 Å². The minimum atomic E-state index is -0.283. The molecular formula is C20H20O2. The molecule has 3 rings (SSSR count). The number of allylic oxidation sites excluding steroid dienone is 1. The predicted molar refractivity (Wildman–Crippen MR) is 89.0 cm³/mol. The fourth-order valence-corrected chi connectivity index (χ4v) is 2.97. The third-order valence-corrected chi connectivity index (χ3v) is 4.26. The number of fused-ring (bicyclic) bond motifs is 1. The zero-order chi connectivity index (χ0) is 15.5. The third kappa shape index (κ3) is 2.69. The molecule has 0 saturated heterocycles. The second-order valence-electron chi connectivity index (χ2n) is 5.57. The maximum Gasteiger partial charge on any atom is 0.337 e. The number of carbonyl (C=O) groups is 1. The molecule has 0 saturated carbocycles. The normalized spacial score (nSPS) is 13.3. The number of methoxy groups -OCH3 is 1. The van der Waals surface area contributed by atoms with Crippen LogP contribution in [0.5, 0.6) is 0 Å². The van der Waals surface area contributed by atoms with Gasteiger partial charge in [-0.15, -0.1) is 0 Å². The summed E-state index contributed by atoms with van der Waals surface area (Å²) in [4.78, 5) is 11.8. The van der Waals surface area contributed by atoms with Crippen molar-refractivity contribution in [3.05, 3.63) is 76.4 Å². The molecule has 2 heteroatoms. The van der Waals surface area contributed by atoms with E-state index in [0.29, 0.717) is 5.56 Å². The maximum atomic E-state index is 11.8. The highest BCUT2D eigenvalue weighted by atomic mass is 16.5. The van der Waals surface area contributed by atoms with Crippen molar-refractivity contribution < 1.29 is 9.53 Å². The van der Waals surface area contributed by atoms with Crippen molar-refractivity contribution in [3.8, 4) is 0 Å². The Morgan fingerprint density at radius 1 is 1.14 bits per heavy atom. The SMILES string of the molecule is CCc1ccc(C2=CCCc3ccc(C(=O)OC)cc32)cc1. The van der Waals surface area contributed by atoms with Crippen molar-refractivity contribution >= 4 is 11.5 Å². The molecule has 22 heavy (non-hydrogen) atoms. The summed E-state index contributed by atoms with van der Waals surface area (Å²) >= 11 is 0. The van der Waals surface area contributed by atoms with Crippen LogP contribution in [0.2, 0.25) is 0 Å². The zero-order valence-electron chi connectivity index (χ0n) is 13.1. The lowest BCUT2D eigenvalue weighted by Gasteiger charge is -2.19. The topological polar surface area (TPSA) is 26.3 Å². The molecule has 0 radical (unpaired) electrons. The van der Waals surface area contributed by atoms with Gasteiger partial charge < -0.3 is 4.74 Å². The van der Waals surface area contributed by atoms with Gasteiger partial charge in [0.1, 0.15) is 0 Å². The summed E-state index contributed by atoms with van der Waals surface area (Å²) in [6.07, 6.45) is 5.37. The molecule has 0 heterocycles. The average Bonchev–Trinajstić information content (AvgIpc) is 2.60.